The summed E-state index contributed by atoms with van der Waals surface area (Å²) in [4.78, 5) is 0. The van der Waals surface area contributed by atoms with Crippen LogP contribution >= 0.6 is 7.75 Å². The topological polar surface area (TPSA) is 61.5 Å². The monoisotopic (exact) mass is 265 g/mol. The molecular formula is C12H28NO3P. The normalized spacial score (nSPS) is 11.9. The summed E-state index contributed by atoms with van der Waals surface area (Å²) < 4.78 is 21.8. The Balaban J connectivity index is 3.42. The summed E-state index contributed by atoms with van der Waals surface area (Å²) >= 11 is 0. The third kappa shape index (κ3) is 12.4. The van der Waals surface area contributed by atoms with Gasteiger partial charge in [-0.1, -0.05) is 52.4 Å². The van der Waals surface area contributed by atoms with E-state index in [4.69, 9.17) is 14.6 Å². The van der Waals surface area contributed by atoms with E-state index < -0.39 is 7.75 Å². The molecule has 0 aromatic carbocycles. The van der Waals surface area contributed by atoms with E-state index in [1.54, 1.807) is 0 Å². The molecule has 4 nitrogen and oxygen atoms in total. The van der Waals surface area contributed by atoms with Crippen molar-refractivity contribution in [2.24, 2.45) is 5.50 Å². The van der Waals surface area contributed by atoms with Crippen LogP contribution in [-0.2, 0) is 13.6 Å². The molecule has 0 heterocycles. The SMILES string of the molecule is CCCCCCOP(N)(=O)OCCCCCC. The Kier molecular flexibility index (Phi) is 11.3. The van der Waals surface area contributed by atoms with E-state index in [0.717, 1.165) is 25.7 Å². The van der Waals surface area contributed by atoms with Crippen LogP contribution in [0.2, 0.25) is 0 Å². The van der Waals surface area contributed by atoms with Gasteiger partial charge >= 0.3 is 7.75 Å². The zero-order valence-corrected chi connectivity index (χ0v) is 12.2. The predicted molar refractivity (Wildman–Crippen MR) is 72.0 cm³/mol. The zero-order valence-electron chi connectivity index (χ0n) is 11.3. The van der Waals surface area contributed by atoms with Crippen molar-refractivity contribution in [3.05, 3.63) is 0 Å². The van der Waals surface area contributed by atoms with Crippen molar-refractivity contribution < 1.29 is 13.6 Å². The van der Waals surface area contributed by atoms with Crippen molar-refractivity contribution in [3.8, 4) is 0 Å². The van der Waals surface area contributed by atoms with Gasteiger partial charge < -0.3 is 0 Å². The van der Waals surface area contributed by atoms with Gasteiger partial charge in [-0.15, -0.1) is 0 Å². The molecule has 0 aromatic rings. The maximum Gasteiger partial charge on any atom is 0.402 e. The van der Waals surface area contributed by atoms with Crippen LogP contribution < -0.4 is 5.50 Å². The van der Waals surface area contributed by atoms with E-state index in [0.29, 0.717) is 13.2 Å². The highest BCUT2D eigenvalue weighted by atomic mass is 31.2. The average Bonchev–Trinajstić information content (AvgIpc) is 2.28. The van der Waals surface area contributed by atoms with Gasteiger partial charge in [0.15, 0.2) is 0 Å². The molecule has 5 heteroatoms. The summed E-state index contributed by atoms with van der Waals surface area (Å²) in [5.74, 6) is 0. The fourth-order valence-electron chi connectivity index (χ4n) is 1.48. The Labute approximate surface area is 106 Å². The van der Waals surface area contributed by atoms with Crippen LogP contribution in [0.15, 0.2) is 0 Å². The molecule has 0 amide bonds. The first kappa shape index (κ1) is 17.1. The highest BCUT2D eigenvalue weighted by Gasteiger charge is 2.16. The van der Waals surface area contributed by atoms with Crippen LogP contribution in [0.4, 0.5) is 0 Å². The summed E-state index contributed by atoms with van der Waals surface area (Å²) in [6.45, 7) is 5.16. The molecule has 0 fully saturated rings. The van der Waals surface area contributed by atoms with E-state index in [1.165, 1.54) is 25.7 Å². The average molecular weight is 265 g/mol. The van der Waals surface area contributed by atoms with Crippen molar-refractivity contribution in [2.75, 3.05) is 13.2 Å². The highest BCUT2D eigenvalue weighted by Crippen LogP contribution is 2.39. The van der Waals surface area contributed by atoms with Crippen molar-refractivity contribution in [1.29, 1.82) is 0 Å². The number of hydrogen-bond donors (Lipinski definition) is 1. The number of nitrogens with two attached hydrogens (primary N) is 1. The smallest absolute Gasteiger partial charge is 0.297 e. The summed E-state index contributed by atoms with van der Waals surface area (Å²) in [5.41, 5.74) is 5.46. The molecule has 0 bridgehead atoms. The first-order valence-corrected chi connectivity index (χ1v) is 8.41. The molecule has 0 rings (SSSR count). The van der Waals surface area contributed by atoms with Gasteiger partial charge in [0.25, 0.3) is 0 Å². The zero-order chi connectivity index (χ0) is 13.0. The molecule has 2 N–H and O–H groups in total. The largest absolute Gasteiger partial charge is 0.402 e. The number of hydrogen-bond acceptors (Lipinski definition) is 3. The van der Waals surface area contributed by atoms with Gasteiger partial charge in [0.2, 0.25) is 0 Å². The van der Waals surface area contributed by atoms with Crippen molar-refractivity contribution in [3.63, 3.8) is 0 Å². The summed E-state index contributed by atoms with van der Waals surface area (Å²) in [6.07, 6.45) is 8.68. The van der Waals surface area contributed by atoms with Gasteiger partial charge in [-0.05, 0) is 12.8 Å². The minimum Gasteiger partial charge on any atom is -0.297 e. The third-order valence-corrected chi connectivity index (χ3v) is 3.62. The van der Waals surface area contributed by atoms with Gasteiger partial charge in [0, 0.05) is 0 Å². The molecule has 104 valence electrons. The minimum atomic E-state index is -3.29. The first-order chi connectivity index (χ1) is 8.12. The molecule has 0 saturated carbocycles. The Morgan fingerprint density at radius 1 is 0.824 bits per heavy atom. The summed E-state index contributed by atoms with van der Waals surface area (Å²) in [7, 11) is -3.29. The van der Waals surface area contributed by atoms with E-state index in [-0.39, 0.29) is 0 Å². The van der Waals surface area contributed by atoms with Crippen LogP contribution in [0.5, 0.6) is 0 Å². The molecule has 0 spiro atoms. The molecular weight excluding hydrogens is 237 g/mol. The molecule has 0 aliphatic carbocycles. The predicted octanol–water partition coefficient (Wildman–Crippen LogP) is 4.25. The third-order valence-electron chi connectivity index (χ3n) is 2.54. The standard InChI is InChI=1S/C12H28NO3P/c1-3-5-7-9-11-15-17(13,14)16-12-10-8-6-4-2/h3-12H2,1-2H3,(H2,13,14). The quantitative estimate of drug-likeness (QED) is 0.423. The Morgan fingerprint density at radius 2 is 1.24 bits per heavy atom. The van der Waals surface area contributed by atoms with E-state index >= 15 is 0 Å². The van der Waals surface area contributed by atoms with Crippen LogP contribution in [0, 0.1) is 0 Å². The second kappa shape index (κ2) is 11.2. The number of unbranched alkanes of at least 4 members (excludes halogenated alkanes) is 6. The molecule has 0 aliphatic rings. The molecule has 0 aliphatic heterocycles. The lowest BCUT2D eigenvalue weighted by molar-refractivity contribution is 0.198. The first-order valence-electron chi connectivity index (χ1n) is 6.80. The summed E-state index contributed by atoms with van der Waals surface area (Å²) in [5, 5.41) is 0. The lowest BCUT2D eigenvalue weighted by Gasteiger charge is -2.13. The van der Waals surface area contributed by atoms with Crippen molar-refractivity contribution in [1.82, 2.24) is 0 Å². The molecule has 0 radical (unpaired) electrons. The fourth-order valence-corrected chi connectivity index (χ4v) is 2.32. The van der Waals surface area contributed by atoms with E-state index in [2.05, 4.69) is 13.8 Å². The van der Waals surface area contributed by atoms with E-state index in [9.17, 15) is 4.57 Å². The second-order valence-electron chi connectivity index (χ2n) is 4.33. The molecule has 0 saturated heterocycles. The van der Waals surface area contributed by atoms with Crippen molar-refractivity contribution in [2.45, 2.75) is 65.2 Å². The van der Waals surface area contributed by atoms with Gasteiger partial charge in [-0.3, -0.25) is 9.05 Å². The van der Waals surface area contributed by atoms with Gasteiger partial charge in [0.1, 0.15) is 0 Å². The molecule has 17 heavy (non-hydrogen) atoms. The minimum absolute atomic E-state index is 0.433. The lowest BCUT2D eigenvalue weighted by Crippen LogP contribution is -2.06. The van der Waals surface area contributed by atoms with Crippen LogP contribution in [0.3, 0.4) is 0 Å². The van der Waals surface area contributed by atoms with Crippen LogP contribution in [-0.4, -0.2) is 13.2 Å². The van der Waals surface area contributed by atoms with Gasteiger partial charge in [-0.25, -0.2) is 10.1 Å². The Bertz CT molecular complexity index is 194. The highest BCUT2D eigenvalue weighted by molar-refractivity contribution is 7.51. The maximum atomic E-state index is 11.6. The molecule has 0 unspecified atom stereocenters. The Hall–Kier alpha value is 0.110. The van der Waals surface area contributed by atoms with Gasteiger partial charge in [0.05, 0.1) is 13.2 Å². The number of rotatable bonds is 12. The Morgan fingerprint density at radius 3 is 1.59 bits per heavy atom. The van der Waals surface area contributed by atoms with Crippen LogP contribution in [0.25, 0.3) is 0 Å². The molecule has 0 atom stereocenters. The fraction of sp³-hybridized carbons (Fsp3) is 1.00. The van der Waals surface area contributed by atoms with Crippen LogP contribution in [0.1, 0.15) is 65.2 Å². The van der Waals surface area contributed by atoms with E-state index in [1.807, 2.05) is 0 Å². The van der Waals surface area contributed by atoms with Gasteiger partial charge in [-0.2, -0.15) is 0 Å². The lowest BCUT2D eigenvalue weighted by atomic mass is 10.2. The second-order valence-corrected chi connectivity index (χ2v) is 5.92. The molecule has 0 aromatic heterocycles. The maximum absolute atomic E-state index is 11.6. The van der Waals surface area contributed by atoms with Crippen molar-refractivity contribution >= 4 is 7.75 Å². The summed E-state index contributed by atoms with van der Waals surface area (Å²) in [6, 6.07) is 0.